The Bertz CT molecular complexity index is 1570. The molecular weight excluding hydrogens is 486 g/mol. The molecule has 4 aromatic rings. The van der Waals surface area contributed by atoms with E-state index in [1.54, 1.807) is 6.92 Å². The van der Waals surface area contributed by atoms with Gasteiger partial charge in [0.2, 0.25) is 0 Å². The van der Waals surface area contributed by atoms with E-state index < -0.39 is 5.97 Å². The second-order valence-electron chi connectivity index (χ2n) is 9.97. The Morgan fingerprint density at radius 2 is 1.62 bits per heavy atom. The average molecular weight is 520 g/mol. The maximum absolute atomic E-state index is 13.8. The number of carbonyl (C=O) groups is 2. The van der Waals surface area contributed by atoms with Gasteiger partial charge in [-0.2, -0.15) is 0 Å². The van der Waals surface area contributed by atoms with E-state index >= 15 is 0 Å². The van der Waals surface area contributed by atoms with E-state index in [0.29, 0.717) is 54.5 Å². The summed E-state index contributed by atoms with van der Waals surface area (Å²) in [4.78, 5) is 27.0. The van der Waals surface area contributed by atoms with Gasteiger partial charge < -0.3 is 14.4 Å². The molecule has 0 fully saturated rings. The summed E-state index contributed by atoms with van der Waals surface area (Å²) >= 11 is 0. The highest BCUT2D eigenvalue weighted by atomic mass is 16.5. The van der Waals surface area contributed by atoms with E-state index in [9.17, 15) is 14.7 Å². The number of aromatic nitrogens is 1. The van der Waals surface area contributed by atoms with Crippen molar-refractivity contribution in [1.82, 2.24) is 4.57 Å². The first kappa shape index (κ1) is 26.2. The van der Waals surface area contributed by atoms with Crippen molar-refractivity contribution in [2.24, 2.45) is 0 Å². The molecule has 0 atom stereocenters. The van der Waals surface area contributed by atoms with Crippen LogP contribution in [0.3, 0.4) is 0 Å². The van der Waals surface area contributed by atoms with Crippen LogP contribution in [0.25, 0.3) is 22.2 Å². The van der Waals surface area contributed by atoms with Crippen molar-refractivity contribution in [3.8, 4) is 0 Å². The Kier molecular flexibility index (Phi) is 7.78. The monoisotopic (exact) mass is 519 g/mol. The van der Waals surface area contributed by atoms with Gasteiger partial charge in [-0.1, -0.05) is 78.4 Å². The number of para-hydroxylation sites is 1. The minimum absolute atomic E-state index is 0.109. The number of carbonyl (C=O) groups excluding carboxylic acids is 2. The number of allylic oxidation sites excluding steroid dienone is 2. The lowest BCUT2D eigenvalue weighted by molar-refractivity contribution is -0.138. The summed E-state index contributed by atoms with van der Waals surface area (Å²) in [5, 5.41) is 12.8. The number of aliphatic hydroxyl groups is 1. The molecule has 5 rings (SSSR count). The second kappa shape index (κ2) is 11.6. The molecule has 1 N–H and O–H groups in total. The fraction of sp³-hybridized carbons (Fsp3) is 0.235. The highest BCUT2D eigenvalue weighted by Crippen LogP contribution is 2.39. The molecule has 0 bridgehead atoms. The van der Waals surface area contributed by atoms with Crippen molar-refractivity contribution in [3.05, 3.63) is 118 Å². The molecule has 0 saturated carbocycles. The van der Waals surface area contributed by atoms with E-state index in [0.717, 1.165) is 22.0 Å². The highest BCUT2D eigenvalue weighted by molar-refractivity contribution is 6.20. The Hall–Kier alpha value is -4.38. The summed E-state index contributed by atoms with van der Waals surface area (Å²) in [5.41, 5.74) is 5.51. The van der Waals surface area contributed by atoms with Crippen molar-refractivity contribution in [2.75, 3.05) is 6.61 Å². The topological polar surface area (TPSA) is 68.5 Å². The van der Waals surface area contributed by atoms with Crippen molar-refractivity contribution >= 4 is 34.0 Å². The fourth-order valence-corrected chi connectivity index (χ4v) is 5.32. The molecule has 1 aliphatic rings. The molecular formula is C34H33NO4. The van der Waals surface area contributed by atoms with E-state index in [1.807, 2.05) is 79.9 Å². The molecule has 39 heavy (non-hydrogen) atoms. The van der Waals surface area contributed by atoms with Gasteiger partial charge in [-0.15, -0.1) is 0 Å². The lowest BCUT2D eigenvalue weighted by atomic mass is 9.83. The molecule has 0 spiro atoms. The van der Waals surface area contributed by atoms with Crippen molar-refractivity contribution in [2.45, 2.75) is 46.1 Å². The number of aliphatic hydroxyl groups excluding tert-OH is 1. The van der Waals surface area contributed by atoms with E-state index in [4.69, 9.17) is 4.74 Å². The van der Waals surface area contributed by atoms with Crippen LogP contribution in [0.2, 0.25) is 0 Å². The molecule has 0 aliphatic heterocycles. The number of Topliss-reactive ketones (excluding diaryl/α,β-unsaturated/α-hetero) is 1. The summed E-state index contributed by atoms with van der Waals surface area (Å²) in [6, 6.07) is 25.7. The highest BCUT2D eigenvalue weighted by Gasteiger charge is 2.30. The summed E-state index contributed by atoms with van der Waals surface area (Å²) in [6.45, 7) is 4.61. The van der Waals surface area contributed by atoms with Gasteiger partial charge >= 0.3 is 5.97 Å². The molecule has 0 amide bonds. The van der Waals surface area contributed by atoms with Crippen molar-refractivity contribution in [1.29, 1.82) is 0 Å². The quantitative estimate of drug-likeness (QED) is 0.163. The minimum atomic E-state index is -0.445. The molecule has 1 heterocycles. The van der Waals surface area contributed by atoms with Crippen LogP contribution in [-0.2, 0) is 20.9 Å². The first-order valence-corrected chi connectivity index (χ1v) is 13.5. The van der Waals surface area contributed by atoms with Crippen LogP contribution in [0.1, 0.15) is 54.9 Å². The van der Waals surface area contributed by atoms with Crippen molar-refractivity contribution in [3.63, 3.8) is 0 Å². The Morgan fingerprint density at radius 3 is 2.36 bits per heavy atom. The van der Waals surface area contributed by atoms with E-state index in [1.165, 1.54) is 0 Å². The van der Waals surface area contributed by atoms with Crippen LogP contribution in [0, 0.1) is 6.92 Å². The SMILES string of the molecule is CCOC(=O)/C1=C(c2ccc(C)cc2)/C(=C(\O)c2cn(Cc3ccccc3)c3ccccc23)C(=O)CCCC1. The number of benzene rings is 3. The minimum Gasteiger partial charge on any atom is -0.506 e. The predicted molar refractivity (Wildman–Crippen MR) is 155 cm³/mol. The molecule has 1 aliphatic carbocycles. The third-order valence-corrected chi connectivity index (χ3v) is 7.25. The van der Waals surface area contributed by atoms with Gasteiger partial charge in [0.15, 0.2) is 5.78 Å². The van der Waals surface area contributed by atoms with Gasteiger partial charge in [0, 0.05) is 46.8 Å². The molecule has 5 nitrogen and oxygen atoms in total. The average Bonchev–Trinajstić information content (AvgIpc) is 3.30. The number of ketones is 1. The van der Waals surface area contributed by atoms with Gasteiger partial charge in [-0.25, -0.2) is 4.79 Å². The molecule has 198 valence electrons. The third kappa shape index (κ3) is 5.44. The Morgan fingerprint density at radius 1 is 0.923 bits per heavy atom. The predicted octanol–water partition coefficient (Wildman–Crippen LogP) is 7.43. The number of nitrogens with zero attached hydrogens (tertiary/aromatic N) is 1. The Labute approximate surface area is 229 Å². The number of fused-ring (bicyclic) bond motifs is 1. The molecule has 0 radical (unpaired) electrons. The molecule has 0 unspecified atom stereocenters. The number of rotatable bonds is 6. The van der Waals surface area contributed by atoms with Crippen LogP contribution in [0.15, 0.2) is 96.2 Å². The summed E-state index contributed by atoms with van der Waals surface area (Å²) in [6.07, 6.45) is 4.01. The van der Waals surface area contributed by atoms with E-state index in [2.05, 4.69) is 16.7 Å². The first-order chi connectivity index (χ1) is 19.0. The van der Waals surface area contributed by atoms with Gasteiger partial charge in [0.25, 0.3) is 0 Å². The van der Waals surface area contributed by atoms with Crippen LogP contribution < -0.4 is 0 Å². The number of aryl methyl sites for hydroxylation is 1. The molecule has 1 aromatic heterocycles. The van der Waals surface area contributed by atoms with Crippen LogP contribution >= 0.6 is 0 Å². The lowest BCUT2D eigenvalue weighted by Gasteiger charge is -2.21. The lowest BCUT2D eigenvalue weighted by Crippen LogP contribution is -2.17. The molecule has 0 saturated heterocycles. The number of hydrogen-bond acceptors (Lipinski definition) is 4. The third-order valence-electron chi connectivity index (χ3n) is 7.25. The Balaban J connectivity index is 1.77. The van der Waals surface area contributed by atoms with Gasteiger partial charge in [-0.05, 0) is 50.3 Å². The maximum Gasteiger partial charge on any atom is 0.334 e. The number of esters is 1. The number of hydrogen-bond donors (Lipinski definition) is 1. The van der Waals surface area contributed by atoms with Gasteiger partial charge in [-0.3, -0.25) is 4.79 Å². The van der Waals surface area contributed by atoms with Gasteiger partial charge in [0.05, 0.1) is 12.2 Å². The zero-order chi connectivity index (χ0) is 27.4. The van der Waals surface area contributed by atoms with Crippen molar-refractivity contribution < 1.29 is 19.4 Å². The maximum atomic E-state index is 13.8. The molecule has 5 heteroatoms. The standard InChI is InChI=1S/C34H33NO4/c1-3-39-34(38)27-14-8-10-16-30(36)32(31(27)25-19-17-23(2)18-20-25)33(37)28-22-35(21-24-11-5-4-6-12-24)29-15-9-7-13-26(28)29/h4-7,9,11-13,15,17-20,22,37H,3,8,10,14,16,21H2,1-2H3/b31-27+,33-32-. The van der Waals surface area contributed by atoms with Crippen LogP contribution in [0.5, 0.6) is 0 Å². The van der Waals surface area contributed by atoms with Gasteiger partial charge in [0.1, 0.15) is 5.76 Å². The van der Waals surface area contributed by atoms with Crippen LogP contribution in [0.4, 0.5) is 0 Å². The zero-order valence-electron chi connectivity index (χ0n) is 22.4. The summed E-state index contributed by atoms with van der Waals surface area (Å²) in [7, 11) is 0. The summed E-state index contributed by atoms with van der Waals surface area (Å²) < 4.78 is 7.54. The smallest absolute Gasteiger partial charge is 0.334 e. The summed E-state index contributed by atoms with van der Waals surface area (Å²) in [5.74, 6) is -0.730. The van der Waals surface area contributed by atoms with Crippen LogP contribution in [-0.4, -0.2) is 28.0 Å². The normalized spacial score (nSPS) is 17.5. The second-order valence-corrected chi connectivity index (χ2v) is 9.97. The zero-order valence-corrected chi connectivity index (χ0v) is 22.4. The largest absolute Gasteiger partial charge is 0.506 e. The number of ether oxygens (including phenoxy) is 1. The fourth-order valence-electron chi connectivity index (χ4n) is 5.32. The molecule has 3 aromatic carbocycles. The first-order valence-electron chi connectivity index (χ1n) is 13.5. The van der Waals surface area contributed by atoms with E-state index in [-0.39, 0.29) is 23.7 Å².